The first kappa shape index (κ1) is 12.8. The molecular weight excluding hydrogens is 259 g/mol. The lowest BCUT2D eigenvalue weighted by atomic mass is 10.2. The van der Waals surface area contributed by atoms with Crippen molar-refractivity contribution in [1.82, 2.24) is 20.3 Å². The van der Waals surface area contributed by atoms with Crippen molar-refractivity contribution in [3.8, 4) is 5.69 Å². The summed E-state index contributed by atoms with van der Waals surface area (Å²) in [6, 6.07) is 5.03. The van der Waals surface area contributed by atoms with Gasteiger partial charge in [0.1, 0.15) is 5.82 Å². The van der Waals surface area contributed by atoms with Crippen LogP contribution in [0.5, 0.6) is 0 Å². The zero-order chi connectivity index (χ0) is 14.3. The summed E-state index contributed by atoms with van der Waals surface area (Å²) in [7, 11) is 0. The Kier molecular flexibility index (Phi) is 3.00. The second-order valence-electron chi connectivity index (χ2n) is 5.07. The maximum atomic E-state index is 13.6. The quantitative estimate of drug-likeness (QED) is 0.930. The van der Waals surface area contributed by atoms with E-state index in [4.69, 9.17) is 0 Å². The maximum absolute atomic E-state index is 13.6. The molecule has 1 aromatic carbocycles. The van der Waals surface area contributed by atoms with Crippen LogP contribution in [0.1, 0.15) is 34.6 Å². The molecule has 0 aliphatic heterocycles. The highest BCUT2D eigenvalue weighted by Gasteiger charge is 2.26. The summed E-state index contributed by atoms with van der Waals surface area (Å²) in [6.07, 6.45) is 2.03. The fraction of sp³-hybridized carbons (Fsp3) is 0.357. The molecule has 1 fully saturated rings. The molecule has 0 unspecified atom stereocenters. The third-order valence-electron chi connectivity index (χ3n) is 3.49. The summed E-state index contributed by atoms with van der Waals surface area (Å²) in [4.78, 5) is 12.0. The highest BCUT2D eigenvalue weighted by atomic mass is 19.1. The molecule has 1 saturated carbocycles. The van der Waals surface area contributed by atoms with Gasteiger partial charge in [0, 0.05) is 11.6 Å². The van der Waals surface area contributed by atoms with Crippen molar-refractivity contribution in [2.75, 3.05) is 0 Å². The number of aromatic nitrogens is 3. The third kappa shape index (κ3) is 2.17. The van der Waals surface area contributed by atoms with Crippen molar-refractivity contribution in [2.45, 2.75) is 32.7 Å². The molecule has 0 spiro atoms. The van der Waals surface area contributed by atoms with Gasteiger partial charge in [-0.3, -0.25) is 4.79 Å². The van der Waals surface area contributed by atoms with Gasteiger partial charge >= 0.3 is 0 Å². The zero-order valence-corrected chi connectivity index (χ0v) is 11.4. The number of hydrogen-bond donors (Lipinski definition) is 1. The molecule has 0 saturated heterocycles. The molecule has 3 rings (SSSR count). The van der Waals surface area contributed by atoms with Gasteiger partial charge in [0.15, 0.2) is 5.69 Å². The van der Waals surface area contributed by atoms with E-state index in [1.54, 1.807) is 26.0 Å². The number of nitrogens with one attached hydrogen (secondary N) is 1. The van der Waals surface area contributed by atoms with E-state index in [0.29, 0.717) is 22.6 Å². The van der Waals surface area contributed by atoms with Crippen LogP contribution >= 0.6 is 0 Å². The molecule has 1 aliphatic carbocycles. The Morgan fingerprint density at radius 2 is 2.15 bits per heavy atom. The van der Waals surface area contributed by atoms with Crippen molar-refractivity contribution in [3.05, 3.63) is 41.0 Å². The largest absolute Gasteiger partial charge is 0.348 e. The molecule has 0 radical (unpaired) electrons. The Morgan fingerprint density at radius 1 is 1.40 bits per heavy atom. The molecule has 20 heavy (non-hydrogen) atoms. The van der Waals surface area contributed by atoms with E-state index in [1.807, 2.05) is 0 Å². The monoisotopic (exact) mass is 274 g/mol. The normalized spacial score (nSPS) is 14.3. The Balaban J connectivity index is 1.97. The SMILES string of the molecule is Cc1c(F)cccc1-n1nnc(C(=O)NC2CC2)c1C. The van der Waals surface area contributed by atoms with Crippen molar-refractivity contribution in [2.24, 2.45) is 0 Å². The van der Waals surface area contributed by atoms with Crippen LogP contribution in [0.25, 0.3) is 5.69 Å². The molecule has 6 heteroatoms. The van der Waals surface area contributed by atoms with Crippen molar-refractivity contribution < 1.29 is 9.18 Å². The van der Waals surface area contributed by atoms with Crippen LogP contribution in [0.3, 0.4) is 0 Å². The zero-order valence-electron chi connectivity index (χ0n) is 11.4. The van der Waals surface area contributed by atoms with Gasteiger partial charge < -0.3 is 5.32 Å². The first-order chi connectivity index (χ1) is 9.58. The molecule has 5 nitrogen and oxygen atoms in total. The van der Waals surface area contributed by atoms with E-state index in [9.17, 15) is 9.18 Å². The van der Waals surface area contributed by atoms with Crippen LogP contribution in [0.2, 0.25) is 0 Å². The van der Waals surface area contributed by atoms with Gasteiger partial charge in [-0.25, -0.2) is 9.07 Å². The third-order valence-corrected chi connectivity index (χ3v) is 3.49. The average molecular weight is 274 g/mol. The molecule has 2 aromatic rings. The predicted octanol–water partition coefficient (Wildman–Crippen LogP) is 1.92. The van der Waals surface area contributed by atoms with E-state index in [-0.39, 0.29) is 17.8 Å². The van der Waals surface area contributed by atoms with Gasteiger partial charge in [-0.15, -0.1) is 5.10 Å². The van der Waals surface area contributed by atoms with E-state index in [2.05, 4.69) is 15.6 Å². The number of halogens is 1. The van der Waals surface area contributed by atoms with Crippen molar-refractivity contribution >= 4 is 5.91 Å². The number of carbonyl (C=O) groups excluding carboxylic acids is 1. The van der Waals surface area contributed by atoms with Crippen LogP contribution in [0.4, 0.5) is 4.39 Å². The average Bonchev–Trinajstić information content (AvgIpc) is 3.14. The molecule has 1 N–H and O–H groups in total. The standard InChI is InChI=1S/C14H15FN4O/c1-8-11(15)4-3-5-12(8)19-9(2)13(17-18-19)14(20)16-10-6-7-10/h3-5,10H,6-7H2,1-2H3,(H,16,20). The molecule has 104 valence electrons. The summed E-state index contributed by atoms with van der Waals surface area (Å²) < 4.78 is 15.1. The number of rotatable bonds is 3. The minimum Gasteiger partial charge on any atom is -0.348 e. The number of amides is 1. The molecule has 1 aromatic heterocycles. The van der Waals surface area contributed by atoms with E-state index in [1.165, 1.54) is 10.7 Å². The van der Waals surface area contributed by atoms with E-state index < -0.39 is 0 Å². The first-order valence-electron chi connectivity index (χ1n) is 6.56. The lowest BCUT2D eigenvalue weighted by Crippen LogP contribution is -2.26. The van der Waals surface area contributed by atoms with E-state index >= 15 is 0 Å². The number of benzene rings is 1. The number of nitrogens with zero attached hydrogens (tertiary/aromatic N) is 3. The van der Waals surface area contributed by atoms with E-state index in [0.717, 1.165) is 12.8 Å². The van der Waals surface area contributed by atoms with Crippen LogP contribution in [-0.2, 0) is 0 Å². The molecule has 0 atom stereocenters. The number of hydrogen-bond acceptors (Lipinski definition) is 3. The topological polar surface area (TPSA) is 59.8 Å². The summed E-state index contributed by atoms with van der Waals surface area (Å²) in [5, 5.41) is 10.8. The fourth-order valence-corrected chi connectivity index (χ4v) is 2.07. The van der Waals surface area contributed by atoms with Crippen LogP contribution < -0.4 is 5.32 Å². The van der Waals surface area contributed by atoms with Crippen molar-refractivity contribution in [1.29, 1.82) is 0 Å². The smallest absolute Gasteiger partial charge is 0.273 e. The lowest BCUT2D eigenvalue weighted by molar-refractivity contribution is 0.0945. The maximum Gasteiger partial charge on any atom is 0.273 e. The summed E-state index contributed by atoms with van der Waals surface area (Å²) in [6.45, 7) is 3.43. The Bertz CT molecular complexity index is 676. The van der Waals surface area contributed by atoms with Crippen LogP contribution in [0, 0.1) is 19.7 Å². The Morgan fingerprint density at radius 3 is 2.85 bits per heavy atom. The summed E-state index contributed by atoms with van der Waals surface area (Å²) in [5.74, 6) is -0.522. The van der Waals surface area contributed by atoms with Gasteiger partial charge in [0.05, 0.1) is 11.4 Å². The summed E-state index contributed by atoms with van der Waals surface area (Å²) >= 11 is 0. The van der Waals surface area contributed by atoms with Gasteiger partial charge in [-0.05, 0) is 38.8 Å². The van der Waals surface area contributed by atoms with Crippen molar-refractivity contribution in [3.63, 3.8) is 0 Å². The molecule has 1 amide bonds. The molecule has 0 bridgehead atoms. The Hall–Kier alpha value is -2.24. The fourth-order valence-electron chi connectivity index (χ4n) is 2.07. The predicted molar refractivity (Wildman–Crippen MR) is 71.3 cm³/mol. The van der Waals surface area contributed by atoms with Gasteiger partial charge in [0.2, 0.25) is 0 Å². The van der Waals surface area contributed by atoms with Gasteiger partial charge in [-0.2, -0.15) is 0 Å². The van der Waals surface area contributed by atoms with Gasteiger partial charge in [0.25, 0.3) is 5.91 Å². The van der Waals surface area contributed by atoms with Crippen LogP contribution in [0.15, 0.2) is 18.2 Å². The minimum absolute atomic E-state index is 0.217. The lowest BCUT2D eigenvalue weighted by Gasteiger charge is -2.08. The second-order valence-corrected chi connectivity index (χ2v) is 5.07. The molecule has 1 aliphatic rings. The second kappa shape index (κ2) is 4.70. The van der Waals surface area contributed by atoms with Gasteiger partial charge in [-0.1, -0.05) is 11.3 Å². The number of carbonyl (C=O) groups is 1. The first-order valence-corrected chi connectivity index (χ1v) is 6.56. The molecular formula is C14H15FN4O. The molecule has 1 heterocycles. The van der Waals surface area contributed by atoms with Crippen LogP contribution in [-0.4, -0.2) is 26.9 Å². The Labute approximate surface area is 115 Å². The highest BCUT2D eigenvalue weighted by Crippen LogP contribution is 2.21. The minimum atomic E-state index is -0.304. The highest BCUT2D eigenvalue weighted by molar-refractivity contribution is 5.93. The summed E-state index contributed by atoms with van der Waals surface area (Å²) in [5.41, 5.74) is 1.98.